The fraction of sp³-hybridized carbons (Fsp3) is 1.00. The second kappa shape index (κ2) is 4.81. The highest BCUT2D eigenvalue weighted by Gasteiger charge is 2.61. The van der Waals surface area contributed by atoms with Crippen LogP contribution in [0.15, 0.2) is 0 Å². The first-order valence-corrected chi connectivity index (χ1v) is 7.07. The lowest BCUT2D eigenvalue weighted by Crippen LogP contribution is -2.49. The summed E-state index contributed by atoms with van der Waals surface area (Å²) in [6.45, 7) is -0.103. The van der Waals surface area contributed by atoms with Gasteiger partial charge in [-0.15, -0.1) is 0 Å². The summed E-state index contributed by atoms with van der Waals surface area (Å²) in [7, 11) is -7.87. The van der Waals surface area contributed by atoms with Crippen LogP contribution in [-0.4, -0.2) is 50.4 Å². The molecule has 0 aliphatic carbocycles. The van der Waals surface area contributed by atoms with Crippen LogP contribution < -0.4 is 14.7 Å². The van der Waals surface area contributed by atoms with Gasteiger partial charge in [0.25, 0.3) is 0 Å². The van der Waals surface area contributed by atoms with Gasteiger partial charge >= 0.3 is 13.0 Å². The van der Waals surface area contributed by atoms with Crippen molar-refractivity contribution in [3.8, 4) is 0 Å². The van der Waals surface area contributed by atoms with Crippen molar-refractivity contribution in [1.29, 1.82) is 0 Å². The van der Waals surface area contributed by atoms with Crippen LogP contribution in [0, 0.1) is 0 Å². The van der Waals surface area contributed by atoms with Crippen LogP contribution >= 0.6 is 15.9 Å². The van der Waals surface area contributed by atoms with Crippen LogP contribution in [0.1, 0.15) is 6.42 Å². The van der Waals surface area contributed by atoms with Gasteiger partial charge in [0.15, 0.2) is 0 Å². The fourth-order valence-electron chi connectivity index (χ4n) is 0.825. The minimum atomic E-state index is -5.55. The molecule has 0 aromatic carbocycles. The van der Waals surface area contributed by atoms with Crippen molar-refractivity contribution < 1.29 is 34.5 Å². The Morgan fingerprint density at radius 3 is 1.73 bits per heavy atom. The first kappa shape index (κ1) is 15.5. The number of aliphatic hydroxyl groups is 1. The van der Waals surface area contributed by atoms with Gasteiger partial charge < -0.3 is 24.7 Å². The second-order valence-electron chi connectivity index (χ2n) is 3.39. The van der Waals surface area contributed by atoms with Crippen LogP contribution in [0.4, 0.5) is 0 Å². The average Bonchev–Trinajstić information content (AvgIpc) is 1.95. The molecular weight excluding hydrogens is 248 g/mol. The lowest BCUT2D eigenvalue weighted by atomic mass is 10.4. The molecule has 0 aliphatic rings. The van der Waals surface area contributed by atoms with E-state index < -0.39 is 27.4 Å². The number of hydrogen-bond acceptors (Lipinski definition) is 8. The number of rotatable bonds is 5. The Balaban J connectivity index is 4.90. The molecule has 1 atom stereocenters. The normalized spacial score (nSPS) is 18.0. The molecule has 0 saturated carbocycles. The Bertz CT molecular complexity index is 196. The summed E-state index contributed by atoms with van der Waals surface area (Å²) in [6.07, 6.45) is -0.776. The van der Waals surface area contributed by atoms with E-state index in [1.807, 2.05) is 0 Å². The van der Waals surface area contributed by atoms with Crippen molar-refractivity contribution >= 4 is 15.9 Å². The smallest absolute Gasteiger partial charge is 0.341 e. The van der Waals surface area contributed by atoms with Crippen molar-refractivity contribution in [1.82, 2.24) is 4.90 Å². The molecule has 0 bridgehead atoms. The molecule has 0 amide bonds. The van der Waals surface area contributed by atoms with Crippen molar-refractivity contribution in [2.24, 2.45) is 0 Å². The summed E-state index contributed by atoms with van der Waals surface area (Å²) in [6, 6.07) is 0. The fourth-order valence-corrected chi connectivity index (χ4v) is 2.92. The lowest BCUT2D eigenvalue weighted by Gasteiger charge is -2.44. The third-order valence-electron chi connectivity index (χ3n) is 1.81. The van der Waals surface area contributed by atoms with E-state index in [1.165, 1.54) is 19.0 Å². The number of nitrogens with zero attached hydrogens (tertiary/aromatic N) is 1. The minimum Gasteiger partial charge on any atom is -0.654 e. The summed E-state index contributed by atoms with van der Waals surface area (Å²) in [4.78, 5) is 59.7. The highest BCUT2D eigenvalue weighted by molar-refractivity contribution is 7.76. The molecule has 15 heavy (non-hydrogen) atoms. The van der Waals surface area contributed by atoms with E-state index in [0.717, 1.165) is 0 Å². The zero-order chi connectivity index (χ0) is 12.5. The maximum atomic E-state index is 10.8. The third-order valence-corrected chi connectivity index (χ3v) is 5.64. The highest BCUT2D eigenvalue weighted by Crippen LogP contribution is 2.71. The van der Waals surface area contributed by atoms with Crippen molar-refractivity contribution in [3.05, 3.63) is 0 Å². The van der Waals surface area contributed by atoms with Gasteiger partial charge in [-0.05, 0) is 14.1 Å². The maximum absolute atomic E-state index is 10.8. The molecule has 4 N–H and O–H groups in total. The topological polar surface area (TPSA) is 153 Å². The van der Waals surface area contributed by atoms with E-state index in [1.54, 1.807) is 0 Å². The van der Waals surface area contributed by atoms with Crippen molar-refractivity contribution in [2.45, 2.75) is 11.5 Å². The molecule has 0 spiro atoms. The van der Waals surface area contributed by atoms with Gasteiger partial charge in [-0.3, -0.25) is 4.89 Å². The molecule has 0 fully saturated rings. The molecule has 0 rings (SSSR count). The van der Waals surface area contributed by atoms with Crippen molar-refractivity contribution in [3.63, 3.8) is 0 Å². The molecular formula is C5H14NO7P2-. The highest BCUT2D eigenvalue weighted by atomic mass is 31.3. The average molecular weight is 262 g/mol. The molecule has 8 nitrogen and oxygen atoms in total. The van der Waals surface area contributed by atoms with E-state index in [2.05, 4.69) is 0 Å². The molecule has 0 heterocycles. The van der Waals surface area contributed by atoms with Crippen LogP contribution in [0.25, 0.3) is 0 Å². The zero-order valence-electron chi connectivity index (χ0n) is 8.27. The van der Waals surface area contributed by atoms with Gasteiger partial charge in [-0.25, -0.2) is 9.79 Å². The molecule has 10 heteroatoms. The second-order valence-corrected chi connectivity index (χ2v) is 7.35. The quantitative estimate of drug-likeness (QED) is 0.367. The Kier molecular flexibility index (Phi) is 4.98. The molecule has 92 valence electrons. The first-order valence-electron chi connectivity index (χ1n) is 3.88. The number of hydrogen-bond donors (Lipinski definition) is 4. The van der Waals surface area contributed by atoms with E-state index in [4.69, 9.17) is 14.7 Å². The largest absolute Gasteiger partial charge is 0.654 e. The van der Waals surface area contributed by atoms with Gasteiger partial charge in [0.1, 0.15) is 7.94 Å². The standard InChI is InChI=1S/C5H15NO7P2/c1-6(2)4-3-5(7,14(8,9)10)15(11,12)13/h7H,3-4H2,1-2H3,(H2,8,9,10)(H2,11,12,13)/p-1. The monoisotopic (exact) mass is 262 g/mol. The van der Waals surface area contributed by atoms with Crippen LogP contribution in [0.5, 0.6) is 0 Å². The Morgan fingerprint density at radius 1 is 1.13 bits per heavy atom. The van der Waals surface area contributed by atoms with Gasteiger partial charge in [-0.2, -0.15) is 0 Å². The summed E-state index contributed by atoms with van der Waals surface area (Å²) in [5, 5.41) is 5.91. The molecule has 0 saturated heterocycles. The maximum Gasteiger partial charge on any atom is 0.341 e. The molecule has 0 radical (unpaired) electrons. The Morgan fingerprint density at radius 2 is 1.53 bits per heavy atom. The van der Waals surface area contributed by atoms with Crippen molar-refractivity contribution in [2.75, 3.05) is 20.6 Å². The van der Waals surface area contributed by atoms with E-state index in [9.17, 15) is 19.8 Å². The van der Waals surface area contributed by atoms with E-state index in [-0.39, 0.29) is 6.54 Å². The molecule has 1 unspecified atom stereocenters. The van der Waals surface area contributed by atoms with Gasteiger partial charge in [0, 0.05) is 6.54 Å². The van der Waals surface area contributed by atoms with E-state index >= 15 is 0 Å². The zero-order valence-corrected chi connectivity index (χ0v) is 10.1. The summed E-state index contributed by atoms with van der Waals surface area (Å²) >= 11 is 0. The van der Waals surface area contributed by atoms with E-state index in [0.29, 0.717) is 0 Å². The molecule has 0 aliphatic heterocycles. The summed E-state index contributed by atoms with van der Waals surface area (Å²) in [5.41, 5.74) is 0. The summed E-state index contributed by atoms with van der Waals surface area (Å²) in [5.74, 6) is 0. The molecule has 0 aromatic rings. The van der Waals surface area contributed by atoms with Crippen LogP contribution in [0.3, 0.4) is 0 Å². The first-order chi connectivity index (χ1) is 6.42. The van der Waals surface area contributed by atoms with Gasteiger partial charge in [-0.1, -0.05) is 0 Å². The lowest BCUT2D eigenvalue weighted by molar-refractivity contribution is -0.347. The minimum absolute atomic E-state index is 0.103. The van der Waals surface area contributed by atoms with Crippen LogP contribution in [-0.2, 0) is 0 Å². The third kappa shape index (κ3) is 3.80. The Hall–Kier alpha value is 0.540. The predicted molar refractivity (Wildman–Crippen MR) is 48.6 cm³/mol. The van der Waals surface area contributed by atoms with Crippen LogP contribution in [0.2, 0.25) is 0 Å². The Labute approximate surface area is 88.2 Å². The summed E-state index contributed by atoms with van der Waals surface area (Å²) < 4.78 is 0. The predicted octanol–water partition coefficient (Wildman–Crippen LogP) is -3.83. The molecule has 0 aromatic heterocycles. The van der Waals surface area contributed by atoms with Gasteiger partial charge in [0.05, 0.1) is 6.42 Å². The van der Waals surface area contributed by atoms with Gasteiger partial charge in [0.2, 0.25) is 0 Å². The SMILES string of the molecule is CN(C)CCC(O)([P+]([O-])([O-])O)[P+]([O-])(O)O.